The van der Waals surface area contributed by atoms with E-state index in [1.807, 2.05) is 42.7 Å². The van der Waals surface area contributed by atoms with Crippen LogP contribution in [0.5, 0.6) is 0 Å². The van der Waals surface area contributed by atoms with Crippen molar-refractivity contribution in [1.82, 2.24) is 14.7 Å². The molecular weight excluding hydrogens is 422 g/mol. The fraction of sp³-hybridized carbons (Fsp3) is 0.250. The SMILES string of the molecule is CSNC(=O)c1ccc2c(c1)CC(C)(C)C(c1cccc(NC(=O)c3cnccn3)c1)N2. The van der Waals surface area contributed by atoms with Gasteiger partial charge in [-0.25, -0.2) is 4.98 Å². The molecule has 1 atom stereocenters. The number of benzene rings is 2. The van der Waals surface area contributed by atoms with Crippen molar-refractivity contribution in [2.75, 3.05) is 16.9 Å². The Labute approximate surface area is 191 Å². The van der Waals surface area contributed by atoms with Gasteiger partial charge in [-0.15, -0.1) is 0 Å². The van der Waals surface area contributed by atoms with Gasteiger partial charge in [0, 0.05) is 35.6 Å². The molecule has 0 radical (unpaired) electrons. The Hall–Kier alpha value is -3.39. The van der Waals surface area contributed by atoms with Crippen molar-refractivity contribution in [3.05, 3.63) is 83.4 Å². The molecule has 0 aliphatic carbocycles. The second kappa shape index (κ2) is 9.00. The molecule has 0 saturated heterocycles. The van der Waals surface area contributed by atoms with Gasteiger partial charge < -0.3 is 10.6 Å². The third-order valence-electron chi connectivity index (χ3n) is 5.56. The number of rotatable bonds is 5. The molecule has 32 heavy (non-hydrogen) atoms. The summed E-state index contributed by atoms with van der Waals surface area (Å²) in [6, 6.07) is 13.6. The topological polar surface area (TPSA) is 96.0 Å². The molecule has 2 amide bonds. The molecule has 1 aliphatic heterocycles. The molecule has 164 valence electrons. The van der Waals surface area contributed by atoms with Crippen LogP contribution in [0.15, 0.2) is 61.1 Å². The van der Waals surface area contributed by atoms with Crippen molar-refractivity contribution in [1.29, 1.82) is 0 Å². The number of anilines is 2. The highest BCUT2D eigenvalue weighted by Gasteiger charge is 2.36. The number of nitrogens with one attached hydrogen (secondary N) is 3. The minimum Gasteiger partial charge on any atom is -0.377 e. The van der Waals surface area contributed by atoms with Crippen molar-refractivity contribution in [2.45, 2.75) is 26.3 Å². The van der Waals surface area contributed by atoms with Crippen LogP contribution in [0.25, 0.3) is 0 Å². The van der Waals surface area contributed by atoms with Crippen molar-refractivity contribution >= 4 is 35.1 Å². The van der Waals surface area contributed by atoms with Crippen LogP contribution in [0.4, 0.5) is 11.4 Å². The lowest BCUT2D eigenvalue weighted by molar-refractivity contribution is 0.0982. The summed E-state index contributed by atoms with van der Waals surface area (Å²) in [6.07, 6.45) is 7.11. The van der Waals surface area contributed by atoms with Gasteiger partial charge in [-0.2, -0.15) is 0 Å². The molecule has 7 nitrogen and oxygen atoms in total. The van der Waals surface area contributed by atoms with E-state index in [1.165, 1.54) is 30.5 Å². The van der Waals surface area contributed by atoms with E-state index in [2.05, 4.69) is 45.2 Å². The van der Waals surface area contributed by atoms with Crippen molar-refractivity contribution in [2.24, 2.45) is 5.41 Å². The van der Waals surface area contributed by atoms with Crippen LogP contribution < -0.4 is 15.4 Å². The maximum atomic E-state index is 12.5. The van der Waals surface area contributed by atoms with Crippen molar-refractivity contribution in [3.8, 4) is 0 Å². The van der Waals surface area contributed by atoms with Gasteiger partial charge in [0.2, 0.25) is 0 Å². The monoisotopic (exact) mass is 447 g/mol. The summed E-state index contributed by atoms with van der Waals surface area (Å²) < 4.78 is 2.77. The van der Waals surface area contributed by atoms with Gasteiger partial charge in [-0.1, -0.05) is 37.9 Å². The standard InChI is InChI=1S/C24H25N5O2S/c1-24(2)13-17-11-16(22(30)29-32-3)7-8-19(17)28-21(24)15-5-4-6-18(12-15)27-23(31)20-14-25-9-10-26-20/h4-12,14,21,28H,13H2,1-3H3,(H,27,31)(H,29,30). The number of amides is 2. The fourth-order valence-corrected chi connectivity index (χ4v) is 4.36. The van der Waals surface area contributed by atoms with E-state index >= 15 is 0 Å². The van der Waals surface area contributed by atoms with Gasteiger partial charge in [-0.3, -0.25) is 19.3 Å². The maximum absolute atomic E-state index is 12.5. The Morgan fingerprint density at radius 1 is 1.12 bits per heavy atom. The lowest BCUT2D eigenvalue weighted by atomic mass is 9.72. The summed E-state index contributed by atoms with van der Waals surface area (Å²) >= 11 is 1.29. The Bertz CT molecular complexity index is 1150. The Morgan fingerprint density at radius 3 is 2.72 bits per heavy atom. The maximum Gasteiger partial charge on any atom is 0.275 e. The Kier molecular flexibility index (Phi) is 6.14. The summed E-state index contributed by atoms with van der Waals surface area (Å²) in [7, 11) is 0. The zero-order valence-corrected chi connectivity index (χ0v) is 19.0. The molecule has 0 bridgehead atoms. The van der Waals surface area contributed by atoms with Gasteiger partial charge in [0.15, 0.2) is 0 Å². The van der Waals surface area contributed by atoms with Crippen LogP contribution in [-0.2, 0) is 6.42 Å². The largest absolute Gasteiger partial charge is 0.377 e. The van der Waals surface area contributed by atoms with E-state index in [0.717, 1.165) is 23.2 Å². The van der Waals surface area contributed by atoms with Gasteiger partial charge in [0.1, 0.15) is 5.69 Å². The average molecular weight is 448 g/mol. The molecular formula is C24H25N5O2S. The van der Waals surface area contributed by atoms with E-state index in [9.17, 15) is 9.59 Å². The number of carbonyl (C=O) groups is 2. The fourth-order valence-electron chi connectivity index (χ4n) is 4.06. The number of aromatic nitrogens is 2. The normalized spacial score (nSPS) is 16.4. The van der Waals surface area contributed by atoms with E-state index in [4.69, 9.17) is 0 Å². The van der Waals surface area contributed by atoms with Crippen molar-refractivity contribution in [3.63, 3.8) is 0 Å². The molecule has 1 aromatic heterocycles. The predicted octanol–water partition coefficient (Wildman–Crippen LogP) is 4.47. The molecule has 1 unspecified atom stereocenters. The van der Waals surface area contributed by atoms with Gasteiger partial charge in [0.25, 0.3) is 11.8 Å². The minimum atomic E-state index is -0.299. The lowest BCUT2D eigenvalue weighted by Gasteiger charge is -2.41. The smallest absolute Gasteiger partial charge is 0.275 e. The number of nitrogens with zero attached hydrogens (tertiary/aromatic N) is 2. The number of carbonyl (C=O) groups excluding carboxylic acids is 2. The molecule has 0 saturated carbocycles. The van der Waals surface area contributed by atoms with Gasteiger partial charge in [0.05, 0.1) is 12.2 Å². The second-order valence-electron chi connectivity index (χ2n) is 8.42. The second-order valence-corrected chi connectivity index (χ2v) is 9.03. The first-order chi connectivity index (χ1) is 15.4. The molecule has 2 heterocycles. The van der Waals surface area contributed by atoms with E-state index in [-0.39, 0.29) is 29.0 Å². The first-order valence-corrected chi connectivity index (χ1v) is 11.5. The summed E-state index contributed by atoms with van der Waals surface area (Å²) in [5.74, 6) is -0.390. The van der Waals surface area contributed by atoms with Crippen molar-refractivity contribution < 1.29 is 9.59 Å². The van der Waals surface area contributed by atoms with E-state index in [1.54, 1.807) is 0 Å². The van der Waals surface area contributed by atoms with Gasteiger partial charge in [-0.05, 0) is 53.3 Å². The van der Waals surface area contributed by atoms with Crippen LogP contribution >= 0.6 is 11.9 Å². The first kappa shape index (κ1) is 21.8. The minimum absolute atomic E-state index is 0.0363. The molecule has 3 N–H and O–H groups in total. The number of fused-ring (bicyclic) bond motifs is 1. The first-order valence-electron chi connectivity index (χ1n) is 10.3. The summed E-state index contributed by atoms with van der Waals surface area (Å²) in [4.78, 5) is 32.7. The van der Waals surface area contributed by atoms with Crippen LogP contribution in [0.1, 0.15) is 51.9 Å². The lowest BCUT2D eigenvalue weighted by Crippen LogP contribution is -2.35. The molecule has 3 aromatic rings. The average Bonchev–Trinajstić information content (AvgIpc) is 2.78. The third-order valence-corrected chi connectivity index (χ3v) is 5.95. The zero-order valence-electron chi connectivity index (χ0n) is 18.2. The van der Waals surface area contributed by atoms with Crippen LogP contribution in [0, 0.1) is 5.41 Å². The Balaban J connectivity index is 1.57. The predicted molar refractivity (Wildman–Crippen MR) is 128 cm³/mol. The highest BCUT2D eigenvalue weighted by atomic mass is 32.2. The molecule has 1 aliphatic rings. The van der Waals surface area contributed by atoms with Crippen LogP contribution in [0.3, 0.4) is 0 Å². The number of hydrogen-bond donors (Lipinski definition) is 3. The van der Waals surface area contributed by atoms with Gasteiger partial charge >= 0.3 is 0 Å². The quantitative estimate of drug-likeness (QED) is 0.500. The molecule has 2 aromatic carbocycles. The summed E-state index contributed by atoms with van der Waals surface area (Å²) in [5, 5.41) is 6.54. The highest BCUT2D eigenvalue weighted by Crippen LogP contribution is 2.45. The number of hydrogen-bond acceptors (Lipinski definition) is 6. The van der Waals surface area contributed by atoms with E-state index < -0.39 is 0 Å². The third kappa shape index (κ3) is 4.60. The van der Waals surface area contributed by atoms with Crippen LogP contribution in [0.2, 0.25) is 0 Å². The summed E-state index contributed by atoms with van der Waals surface area (Å²) in [5.41, 5.74) is 4.71. The molecule has 0 fully saturated rings. The zero-order chi connectivity index (χ0) is 22.7. The van der Waals surface area contributed by atoms with Crippen LogP contribution in [-0.4, -0.2) is 28.0 Å². The molecule has 0 spiro atoms. The summed E-state index contributed by atoms with van der Waals surface area (Å²) in [6.45, 7) is 4.40. The molecule has 8 heteroatoms. The molecule has 4 rings (SSSR count). The van der Waals surface area contributed by atoms with E-state index in [0.29, 0.717) is 11.3 Å². The Morgan fingerprint density at radius 2 is 1.97 bits per heavy atom. The highest BCUT2D eigenvalue weighted by molar-refractivity contribution is 7.97.